The van der Waals surface area contributed by atoms with Gasteiger partial charge >= 0.3 is 6.09 Å². The largest absolute Gasteiger partial charge is 0.444 e. The maximum atomic E-state index is 12.7. The number of halogens is 1. The van der Waals surface area contributed by atoms with Crippen LogP contribution in [0.25, 0.3) is 0 Å². The van der Waals surface area contributed by atoms with Gasteiger partial charge in [0.1, 0.15) is 11.3 Å². The van der Waals surface area contributed by atoms with Crippen LogP contribution in [0.5, 0.6) is 0 Å². The summed E-state index contributed by atoms with van der Waals surface area (Å²) in [4.78, 5) is 26.8. The number of amides is 2. The second-order valence-corrected chi connectivity index (χ2v) is 8.71. The van der Waals surface area contributed by atoms with Crippen molar-refractivity contribution < 1.29 is 19.1 Å². The van der Waals surface area contributed by atoms with E-state index >= 15 is 0 Å². The first-order valence-corrected chi connectivity index (χ1v) is 9.12. The third-order valence-corrected chi connectivity index (χ3v) is 4.87. The van der Waals surface area contributed by atoms with E-state index in [0.29, 0.717) is 18.1 Å². The van der Waals surface area contributed by atoms with Gasteiger partial charge in [0.05, 0.1) is 18.6 Å². The molecule has 2 amide bonds. The Kier molecular flexibility index (Phi) is 4.69. The molecule has 26 heavy (non-hydrogen) atoms. The van der Waals surface area contributed by atoms with E-state index in [2.05, 4.69) is 5.32 Å². The zero-order chi connectivity index (χ0) is 19.3. The van der Waals surface area contributed by atoms with Crippen molar-refractivity contribution in [3.05, 3.63) is 28.8 Å². The van der Waals surface area contributed by atoms with Crippen LogP contribution in [-0.4, -0.2) is 40.9 Å². The van der Waals surface area contributed by atoms with E-state index in [9.17, 15) is 9.59 Å². The Morgan fingerprint density at radius 3 is 2.77 bits per heavy atom. The molecule has 1 aromatic rings. The van der Waals surface area contributed by atoms with Crippen LogP contribution in [0.3, 0.4) is 0 Å². The molecule has 1 fully saturated rings. The van der Waals surface area contributed by atoms with Gasteiger partial charge in [-0.05, 0) is 58.7 Å². The van der Waals surface area contributed by atoms with Gasteiger partial charge in [0.25, 0.3) is 0 Å². The number of hydrogen-bond donors (Lipinski definition) is 1. The highest BCUT2D eigenvalue weighted by Gasteiger charge is 2.47. The van der Waals surface area contributed by atoms with Gasteiger partial charge < -0.3 is 14.8 Å². The number of anilines is 1. The first-order chi connectivity index (χ1) is 12.0. The average molecular weight is 381 g/mol. The van der Waals surface area contributed by atoms with Crippen molar-refractivity contribution in [2.45, 2.75) is 64.3 Å². The van der Waals surface area contributed by atoms with E-state index in [-0.39, 0.29) is 17.9 Å². The molecule has 0 bridgehead atoms. The molecule has 2 heterocycles. The zero-order valence-electron chi connectivity index (χ0n) is 15.8. The fourth-order valence-corrected chi connectivity index (χ4v) is 3.72. The van der Waals surface area contributed by atoms with Gasteiger partial charge in [-0.15, -0.1) is 0 Å². The fourth-order valence-electron chi connectivity index (χ4n) is 3.55. The minimum atomic E-state index is -0.787. The standard InChI is InChI=1S/C19H25ClN2O4/c1-18(2,3)26-17(24)22-12(10-25-19(22,4)5)9-14-13-7-6-11(20)8-15(13)21-16(14)23/h6-8,12,14H,9-10H2,1-5H3,(H,21,23)/t12-,14?/m1/s1. The second-order valence-electron chi connectivity index (χ2n) is 8.27. The maximum Gasteiger partial charge on any atom is 0.412 e. The third-order valence-electron chi connectivity index (χ3n) is 4.64. The molecule has 7 heteroatoms. The molecule has 142 valence electrons. The first kappa shape index (κ1) is 19.0. The molecule has 1 unspecified atom stereocenters. The molecule has 0 saturated carbocycles. The van der Waals surface area contributed by atoms with E-state index < -0.39 is 17.4 Å². The quantitative estimate of drug-likeness (QED) is 0.837. The summed E-state index contributed by atoms with van der Waals surface area (Å²) in [5.74, 6) is -0.439. The van der Waals surface area contributed by atoms with Crippen LogP contribution in [0.2, 0.25) is 5.02 Å². The number of ether oxygens (including phenoxy) is 2. The van der Waals surface area contributed by atoms with Crippen LogP contribution in [0, 0.1) is 0 Å². The predicted molar refractivity (Wildman–Crippen MR) is 99.3 cm³/mol. The molecule has 1 aromatic carbocycles. The molecule has 0 aromatic heterocycles. The van der Waals surface area contributed by atoms with Crippen LogP contribution in [-0.2, 0) is 14.3 Å². The highest BCUT2D eigenvalue weighted by Crippen LogP contribution is 2.40. The van der Waals surface area contributed by atoms with Gasteiger partial charge in [-0.1, -0.05) is 17.7 Å². The Hall–Kier alpha value is -1.79. The van der Waals surface area contributed by atoms with Crippen LogP contribution in [0.4, 0.5) is 10.5 Å². The lowest BCUT2D eigenvalue weighted by Crippen LogP contribution is -2.50. The number of carbonyl (C=O) groups excluding carboxylic acids is 2. The summed E-state index contributed by atoms with van der Waals surface area (Å²) in [6.45, 7) is 9.51. The summed E-state index contributed by atoms with van der Waals surface area (Å²) >= 11 is 6.01. The average Bonchev–Trinajstić information content (AvgIpc) is 2.94. The highest BCUT2D eigenvalue weighted by atomic mass is 35.5. The van der Waals surface area contributed by atoms with Crippen molar-refractivity contribution in [1.29, 1.82) is 0 Å². The molecule has 1 N–H and O–H groups in total. The van der Waals surface area contributed by atoms with Gasteiger partial charge in [-0.3, -0.25) is 9.69 Å². The van der Waals surface area contributed by atoms with Crippen LogP contribution in [0.1, 0.15) is 52.5 Å². The van der Waals surface area contributed by atoms with E-state index in [1.54, 1.807) is 17.0 Å². The van der Waals surface area contributed by atoms with E-state index in [0.717, 1.165) is 11.3 Å². The number of fused-ring (bicyclic) bond motifs is 1. The molecular formula is C19H25ClN2O4. The molecule has 2 aliphatic heterocycles. The van der Waals surface area contributed by atoms with Gasteiger partial charge in [0.15, 0.2) is 0 Å². The van der Waals surface area contributed by atoms with Crippen molar-refractivity contribution >= 4 is 29.3 Å². The van der Waals surface area contributed by atoms with Crippen LogP contribution < -0.4 is 5.32 Å². The van der Waals surface area contributed by atoms with Gasteiger partial charge in [-0.2, -0.15) is 0 Å². The molecule has 0 aliphatic carbocycles. The van der Waals surface area contributed by atoms with Gasteiger partial charge in [-0.25, -0.2) is 4.79 Å². The molecule has 6 nitrogen and oxygen atoms in total. The van der Waals surface area contributed by atoms with E-state index in [1.807, 2.05) is 40.7 Å². The van der Waals surface area contributed by atoms with Gasteiger partial charge in [0, 0.05) is 10.7 Å². The lowest BCUT2D eigenvalue weighted by molar-refractivity contribution is -0.117. The summed E-state index contributed by atoms with van der Waals surface area (Å²) in [5, 5.41) is 3.44. The summed E-state index contributed by atoms with van der Waals surface area (Å²) < 4.78 is 11.4. The van der Waals surface area contributed by atoms with Gasteiger partial charge in [0.2, 0.25) is 5.91 Å². The normalized spacial score (nSPS) is 24.4. The summed E-state index contributed by atoms with van der Waals surface area (Å²) in [6.07, 6.45) is 0.0306. The summed E-state index contributed by atoms with van der Waals surface area (Å²) in [6, 6.07) is 5.13. The Morgan fingerprint density at radius 1 is 1.42 bits per heavy atom. The van der Waals surface area contributed by atoms with Crippen LogP contribution in [0.15, 0.2) is 18.2 Å². The topological polar surface area (TPSA) is 67.9 Å². The highest BCUT2D eigenvalue weighted by molar-refractivity contribution is 6.31. The minimum Gasteiger partial charge on any atom is -0.444 e. The van der Waals surface area contributed by atoms with Crippen molar-refractivity contribution in [1.82, 2.24) is 4.90 Å². The predicted octanol–water partition coefficient (Wildman–Crippen LogP) is 4.14. The molecule has 2 atom stereocenters. The van der Waals surface area contributed by atoms with E-state index in [1.165, 1.54) is 0 Å². The molecule has 3 rings (SSSR count). The first-order valence-electron chi connectivity index (χ1n) is 8.74. The Balaban J connectivity index is 1.83. The smallest absolute Gasteiger partial charge is 0.412 e. The lowest BCUT2D eigenvalue weighted by Gasteiger charge is -2.35. The SMILES string of the molecule is CC(C)(C)OC(=O)N1[C@H](CC2C(=O)Nc3cc(Cl)ccc32)COC1(C)C. The molecule has 0 spiro atoms. The van der Waals surface area contributed by atoms with Crippen molar-refractivity contribution in [2.24, 2.45) is 0 Å². The third kappa shape index (κ3) is 3.67. The molecular weight excluding hydrogens is 356 g/mol. The number of hydrogen-bond acceptors (Lipinski definition) is 4. The number of rotatable bonds is 2. The van der Waals surface area contributed by atoms with Crippen molar-refractivity contribution in [3.63, 3.8) is 0 Å². The minimum absolute atomic E-state index is 0.0869. The summed E-state index contributed by atoms with van der Waals surface area (Å²) in [5.41, 5.74) is 0.238. The van der Waals surface area contributed by atoms with Crippen molar-refractivity contribution in [2.75, 3.05) is 11.9 Å². The van der Waals surface area contributed by atoms with Crippen LogP contribution >= 0.6 is 11.6 Å². The number of nitrogens with zero attached hydrogens (tertiary/aromatic N) is 1. The Labute approximate surface area is 158 Å². The number of benzene rings is 1. The fraction of sp³-hybridized carbons (Fsp3) is 0.579. The molecule has 1 saturated heterocycles. The van der Waals surface area contributed by atoms with Crippen molar-refractivity contribution in [3.8, 4) is 0 Å². The number of carbonyl (C=O) groups is 2. The monoisotopic (exact) mass is 380 g/mol. The second kappa shape index (κ2) is 6.43. The molecule has 0 radical (unpaired) electrons. The number of nitrogens with one attached hydrogen (secondary N) is 1. The van der Waals surface area contributed by atoms with E-state index in [4.69, 9.17) is 21.1 Å². The zero-order valence-corrected chi connectivity index (χ0v) is 16.5. The molecule has 2 aliphatic rings. The Morgan fingerprint density at radius 2 is 2.12 bits per heavy atom. The Bertz CT molecular complexity index is 742. The summed E-state index contributed by atoms with van der Waals surface area (Å²) in [7, 11) is 0. The lowest BCUT2D eigenvalue weighted by atomic mass is 9.93. The maximum absolute atomic E-state index is 12.7.